The van der Waals surface area contributed by atoms with Gasteiger partial charge in [-0.3, -0.25) is 4.79 Å². The third kappa shape index (κ3) is 4.98. The zero-order valence-corrected chi connectivity index (χ0v) is 18.2. The van der Waals surface area contributed by atoms with Crippen molar-refractivity contribution in [3.8, 4) is 5.75 Å². The number of benzene rings is 2. The Labute approximate surface area is 182 Å². The van der Waals surface area contributed by atoms with Gasteiger partial charge in [-0.15, -0.1) is 0 Å². The van der Waals surface area contributed by atoms with E-state index < -0.39 is 0 Å². The zero-order chi connectivity index (χ0) is 21.8. The van der Waals surface area contributed by atoms with Gasteiger partial charge in [0.15, 0.2) is 6.61 Å². The first kappa shape index (κ1) is 21.2. The average Bonchev–Trinajstić information content (AvgIpc) is 2.76. The third-order valence-electron chi connectivity index (χ3n) is 5.90. The number of hydrogen-bond donors (Lipinski definition) is 1. The van der Waals surface area contributed by atoms with E-state index in [-0.39, 0.29) is 24.2 Å². The summed E-state index contributed by atoms with van der Waals surface area (Å²) in [7, 11) is 0. The van der Waals surface area contributed by atoms with Crippen LogP contribution in [0.25, 0.3) is 11.0 Å². The van der Waals surface area contributed by atoms with Gasteiger partial charge in [-0.1, -0.05) is 30.3 Å². The summed E-state index contributed by atoms with van der Waals surface area (Å²) in [5, 5.41) is 3.85. The first-order valence-electron chi connectivity index (χ1n) is 11.1. The summed E-state index contributed by atoms with van der Waals surface area (Å²) < 4.78 is 11.5. The highest BCUT2D eigenvalue weighted by Gasteiger charge is 2.21. The average molecular weight is 420 g/mol. The standard InChI is InChI=1S/C26H29NO4/c1-17-14-22(25-20-10-6-7-11-21(20)26(29)31-23(25)15-17)30-16-24(28)27-18(2)12-13-19-8-4-3-5-9-19/h3-5,8-9,14-15,18H,6-7,10-13,16H2,1-2H3,(H,27,28). The molecule has 1 heterocycles. The molecule has 1 amide bonds. The summed E-state index contributed by atoms with van der Waals surface area (Å²) in [6, 6.07) is 14.1. The number of nitrogens with one attached hydrogen (secondary N) is 1. The maximum absolute atomic E-state index is 12.5. The lowest BCUT2D eigenvalue weighted by Gasteiger charge is -2.19. The Kier molecular flexibility index (Phi) is 6.40. The molecule has 0 spiro atoms. The van der Waals surface area contributed by atoms with E-state index in [1.54, 1.807) is 0 Å². The quantitative estimate of drug-likeness (QED) is 0.573. The highest BCUT2D eigenvalue weighted by Crippen LogP contribution is 2.34. The van der Waals surface area contributed by atoms with Gasteiger partial charge >= 0.3 is 5.63 Å². The number of carbonyl (C=O) groups excluding carboxylic acids is 1. The maximum atomic E-state index is 12.5. The van der Waals surface area contributed by atoms with Gasteiger partial charge in [0.25, 0.3) is 5.91 Å². The molecule has 1 aromatic heterocycles. The normalized spacial score (nSPS) is 14.1. The molecular weight excluding hydrogens is 390 g/mol. The Hall–Kier alpha value is -3.08. The van der Waals surface area contributed by atoms with Gasteiger partial charge in [0, 0.05) is 11.6 Å². The molecule has 4 rings (SSSR count). The van der Waals surface area contributed by atoms with Crippen LogP contribution in [0.4, 0.5) is 0 Å². The molecule has 1 N–H and O–H groups in total. The van der Waals surface area contributed by atoms with Crippen LogP contribution in [0.5, 0.6) is 5.75 Å². The molecule has 0 radical (unpaired) electrons. The number of amides is 1. The van der Waals surface area contributed by atoms with Crippen molar-refractivity contribution < 1.29 is 13.9 Å². The molecule has 0 aliphatic heterocycles. The van der Waals surface area contributed by atoms with Crippen LogP contribution in [0.1, 0.15) is 48.4 Å². The smallest absolute Gasteiger partial charge is 0.339 e. The largest absolute Gasteiger partial charge is 0.483 e. The lowest BCUT2D eigenvalue weighted by atomic mass is 9.90. The number of aryl methyl sites for hydroxylation is 3. The van der Waals surface area contributed by atoms with Gasteiger partial charge in [-0.05, 0) is 81.2 Å². The summed E-state index contributed by atoms with van der Waals surface area (Å²) in [5.41, 5.74) is 4.26. The third-order valence-corrected chi connectivity index (χ3v) is 5.90. The molecule has 1 aliphatic rings. The van der Waals surface area contributed by atoms with Crippen molar-refractivity contribution in [1.82, 2.24) is 5.32 Å². The van der Waals surface area contributed by atoms with E-state index in [2.05, 4.69) is 17.4 Å². The first-order valence-corrected chi connectivity index (χ1v) is 11.1. The van der Waals surface area contributed by atoms with Gasteiger partial charge in [0.1, 0.15) is 11.3 Å². The lowest BCUT2D eigenvalue weighted by molar-refractivity contribution is -0.123. The predicted molar refractivity (Wildman–Crippen MR) is 122 cm³/mol. The molecule has 5 nitrogen and oxygen atoms in total. The van der Waals surface area contributed by atoms with E-state index in [1.807, 2.05) is 44.2 Å². The van der Waals surface area contributed by atoms with Gasteiger partial charge in [0.05, 0.1) is 5.39 Å². The van der Waals surface area contributed by atoms with Crippen LogP contribution in [-0.4, -0.2) is 18.6 Å². The molecule has 1 unspecified atom stereocenters. The first-order chi connectivity index (χ1) is 15.0. The van der Waals surface area contributed by atoms with Gasteiger partial charge in [-0.2, -0.15) is 0 Å². The number of fused-ring (bicyclic) bond motifs is 3. The van der Waals surface area contributed by atoms with E-state index in [0.29, 0.717) is 11.3 Å². The SMILES string of the molecule is Cc1cc(OCC(=O)NC(C)CCc2ccccc2)c2c3c(c(=O)oc2c1)CCCC3. The summed E-state index contributed by atoms with van der Waals surface area (Å²) in [4.78, 5) is 24.9. The highest BCUT2D eigenvalue weighted by atomic mass is 16.5. The molecule has 31 heavy (non-hydrogen) atoms. The second-order valence-electron chi connectivity index (χ2n) is 8.47. The number of carbonyl (C=O) groups is 1. The minimum atomic E-state index is -0.247. The predicted octanol–water partition coefficient (Wildman–Crippen LogP) is 4.50. The van der Waals surface area contributed by atoms with Crippen LogP contribution in [0.3, 0.4) is 0 Å². The van der Waals surface area contributed by atoms with Gasteiger partial charge < -0.3 is 14.5 Å². The van der Waals surface area contributed by atoms with Crippen LogP contribution < -0.4 is 15.7 Å². The Morgan fingerprint density at radius 1 is 1.13 bits per heavy atom. The number of rotatable bonds is 7. The fraction of sp³-hybridized carbons (Fsp3) is 0.385. The van der Waals surface area contributed by atoms with E-state index in [0.717, 1.165) is 60.6 Å². The van der Waals surface area contributed by atoms with E-state index in [4.69, 9.17) is 9.15 Å². The van der Waals surface area contributed by atoms with Crippen LogP contribution in [-0.2, 0) is 24.1 Å². The Balaban J connectivity index is 1.45. The summed E-state index contributed by atoms with van der Waals surface area (Å²) in [5.74, 6) is 0.463. The molecule has 0 saturated heterocycles. The van der Waals surface area contributed by atoms with E-state index >= 15 is 0 Å². The van der Waals surface area contributed by atoms with Gasteiger partial charge in [0.2, 0.25) is 0 Å². The van der Waals surface area contributed by atoms with Gasteiger partial charge in [-0.25, -0.2) is 4.79 Å². The lowest BCUT2D eigenvalue weighted by Crippen LogP contribution is -2.36. The van der Waals surface area contributed by atoms with Crippen molar-refractivity contribution in [3.63, 3.8) is 0 Å². The topological polar surface area (TPSA) is 68.5 Å². The summed E-state index contributed by atoms with van der Waals surface area (Å²) in [6.45, 7) is 3.87. The zero-order valence-electron chi connectivity index (χ0n) is 18.2. The minimum Gasteiger partial charge on any atom is -0.483 e. The Morgan fingerprint density at radius 3 is 2.65 bits per heavy atom. The van der Waals surface area contributed by atoms with Crippen LogP contribution in [0.15, 0.2) is 51.7 Å². The van der Waals surface area contributed by atoms with Crippen molar-refractivity contribution in [3.05, 3.63) is 75.1 Å². The molecule has 3 aromatic rings. The van der Waals surface area contributed by atoms with Crippen molar-refractivity contribution in [2.24, 2.45) is 0 Å². The van der Waals surface area contributed by atoms with E-state index in [9.17, 15) is 9.59 Å². The summed E-state index contributed by atoms with van der Waals surface area (Å²) in [6.07, 6.45) is 5.38. The molecule has 2 aromatic carbocycles. The molecule has 1 aliphatic carbocycles. The molecule has 162 valence electrons. The summed E-state index contributed by atoms with van der Waals surface area (Å²) >= 11 is 0. The molecular formula is C26H29NO4. The van der Waals surface area contributed by atoms with Crippen LogP contribution in [0, 0.1) is 6.92 Å². The monoisotopic (exact) mass is 419 g/mol. The molecule has 0 fully saturated rings. The molecule has 0 saturated carbocycles. The fourth-order valence-corrected chi connectivity index (χ4v) is 4.34. The fourth-order valence-electron chi connectivity index (χ4n) is 4.34. The van der Waals surface area contributed by atoms with Crippen molar-refractivity contribution >= 4 is 16.9 Å². The van der Waals surface area contributed by atoms with Crippen LogP contribution in [0.2, 0.25) is 0 Å². The van der Waals surface area contributed by atoms with Crippen molar-refractivity contribution in [2.75, 3.05) is 6.61 Å². The maximum Gasteiger partial charge on any atom is 0.339 e. The second kappa shape index (κ2) is 9.38. The minimum absolute atomic E-state index is 0.0522. The second-order valence-corrected chi connectivity index (χ2v) is 8.47. The Bertz CT molecular complexity index is 1130. The van der Waals surface area contributed by atoms with E-state index in [1.165, 1.54) is 5.56 Å². The van der Waals surface area contributed by atoms with Crippen LogP contribution >= 0.6 is 0 Å². The molecule has 0 bridgehead atoms. The highest BCUT2D eigenvalue weighted by molar-refractivity contribution is 5.89. The molecule has 5 heteroatoms. The molecule has 1 atom stereocenters. The van der Waals surface area contributed by atoms with Crippen molar-refractivity contribution in [2.45, 2.75) is 58.4 Å². The van der Waals surface area contributed by atoms with Crippen molar-refractivity contribution in [1.29, 1.82) is 0 Å². The number of hydrogen-bond acceptors (Lipinski definition) is 4. The Morgan fingerprint density at radius 2 is 1.87 bits per heavy atom. The number of ether oxygens (including phenoxy) is 1.